The third kappa shape index (κ3) is 5.09. The molecule has 0 N–H and O–H groups in total. The standard InChI is InChI=1S/C24H22ClNO4S/c25-22-15-19(18-7-3-1-4-8-18)11-12-23(22)30-16-24(27)26(20-9-5-2-6-10-20)21-13-14-31(28,29)17-21/h1-12,15,21H,13-14,16-17H2/t21-/m0/s1. The van der Waals surface area contributed by atoms with Crippen LogP contribution in [0.15, 0.2) is 78.9 Å². The Labute approximate surface area is 187 Å². The van der Waals surface area contributed by atoms with Gasteiger partial charge in [-0.3, -0.25) is 4.79 Å². The summed E-state index contributed by atoms with van der Waals surface area (Å²) in [5.74, 6) is 0.139. The molecule has 0 radical (unpaired) electrons. The molecule has 160 valence electrons. The highest BCUT2D eigenvalue weighted by molar-refractivity contribution is 7.91. The van der Waals surface area contributed by atoms with Gasteiger partial charge < -0.3 is 9.64 Å². The summed E-state index contributed by atoms with van der Waals surface area (Å²) in [5, 5.41) is 0.406. The van der Waals surface area contributed by atoms with E-state index in [1.54, 1.807) is 24.3 Å². The third-order valence-electron chi connectivity index (χ3n) is 5.27. The van der Waals surface area contributed by atoms with Crippen LogP contribution < -0.4 is 9.64 Å². The second kappa shape index (κ2) is 9.12. The largest absolute Gasteiger partial charge is 0.482 e. The fourth-order valence-corrected chi connectivity index (χ4v) is 5.70. The first-order chi connectivity index (χ1) is 14.9. The molecule has 0 aliphatic carbocycles. The van der Waals surface area contributed by atoms with Gasteiger partial charge in [0, 0.05) is 5.69 Å². The molecule has 1 fully saturated rings. The van der Waals surface area contributed by atoms with E-state index in [0.29, 0.717) is 22.9 Å². The lowest BCUT2D eigenvalue weighted by Crippen LogP contribution is -2.43. The molecule has 1 aliphatic rings. The van der Waals surface area contributed by atoms with Gasteiger partial charge in [0.05, 0.1) is 22.6 Å². The summed E-state index contributed by atoms with van der Waals surface area (Å²) in [6.07, 6.45) is 0.412. The third-order valence-corrected chi connectivity index (χ3v) is 7.31. The topological polar surface area (TPSA) is 63.7 Å². The summed E-state index contributed by atoms with van der Waals surface area (Å²) in [6, 6.07) is 23.9. The van der Waals surface area contributed by atoms with Crippen molar-refractivity contribution in [2.75, 3.05) is 23.0 Å². The van der Waals surface area contributed by atoms with E-state index in [1.165, 1.54) is 4.90 Å². The Bertz CT molecular complexity index is 1170. The molecule has 0 bridgehead atoms. The molecule has 3 aromatic rings. The van der Waals surface area contributed by atoms with Crippen LogP contribution in [0.25, 0.3) is 11.1 Å². The molecular formula is C24H22ClNO4S. The number of halogens is 1. The van der Waals surface area contributed by atoms with Gasteiger partial charge in [0.25, 0.3) is 5.91 Å². The number of benzene rings is 3. The predicted octanol–water partition coefficient (Wildman–Crippen LogP) is 4.61. The van der Waals surface area contributed by atoms with Crippen molar-refractivity contribution in [2.45, 2.75) is 12.5 Å². The van der Waals surface area contributed by atoms with Crippen LogP contribution in [0.5, 0.6) is 5.75 Å². The van der Waals surface area contributed by atoms with Gasteiger partial charge in [-0.1, -0.05) is 66.2 Å². The van der Waals surface area contributed by atoms with E-state index in [-0.39, 0.29) is 24.0 Å². The molecule has 1 amide bonds. The molecule has 0 unspecified atom stereocenters. The predicted molar refractivity (Wildman–Crippen MR) is 123 cm³/mol. The monoisotopic (exact) mass is 455 g/mol. The maximum Gasteiger partial charge on any atom is 0.265 e. The van der Waals surface area contributed by atoms with Gasteiger partial charge >= 0.3 is 0 Å². The Morgan fingerprint density at radius 1 is 0.968 bits per heavy atom. The Kier molecular flexibility index (Phi) is 6.30. The van der Waals surface area contributed by atoms with Crippen LogP contribution in [0.2, 0.25) is 5.02 Å². The molecule has 0 spiro atoms. The molecule has 0 saturated carbocycles. The van der Waals surface area contributed by atoms with Crippen molar-refractivity contribution in [1.82, 2.24) is 0 Å². The minimum atomic E-state index is -3.14. The number of hydrogen-bond donors (Lipinski definition) is 0. The second-order valence-corrected chi connectivity index (χ2v) is 10.1. The molecule has 5 nitrogen and oxygen atoms in total. The summed E-state index contributed by atoms with van der Waals surface area (Å²) in [4.78, 5) is 14.6. The zero-order valence-corrected chi connectivity index (χ0v) is 18.4. The molecule has 1 heterocycles. The maximum absolute atomic E-state index is 13.1. The number of carbonyl (C=O) groups excluding carboxylic acids is 1. The fourth-order valence-electron chi connectivity index (χ4n) is 3.76. The number of rotatable bonds is 6. The minimum absolute atomic E-state index is 0.0415. The van der Waals surface area contributed by atoms with Crippen molar-refractivity contribution < 1.29 is 17.9 Å². The average molecular weight is 456 g/mol. The van der Waals surface area contributed by atoms with E-state index >= 15 is 0 Å². The van der Waals surface area contributed by atoms with E-state index in [9.17, 15) is 13.2 Å². The molecule has 0 aromatic heterocycles. The summed E-state index contributed by atoms with van der Waals surface area (Å²) < 4.78 is 29.7. The number of nitrogens with zero attached hydrogens (tertiary/aromatic N) is 1. The van der Waals surface area contributed by atoms with E-state index < -0.39 is 15.9 Å². The van der Waals surface area contributed by atoms with Crippen LogP contribution in [0.3, 0.4) is 0 Å². The van der Waals surface area contributed by atoms with Gasteiger partial charge in [0.2, 0.25) is 0 Å². The molecule has 1 atom stereocenters. The SMILES string of the molecule is O=C(COc1ccc(-c2ccccc2)cc1Cl)N(c1ccccc1)[C@H]1CCS(=O)(=O)C1. The van der Waals surface area contributed by atoms with Crippen molar-refractivity contribution >= 4 is 33.0 Å². The van der Waals surface area contributed by atoms with Gasteiger partial charge in [-0.05, 0) is 41.8 Å². The highest BCUT2D eigenvalue weighted by Gasteiger charge is 2.35. The number of carbonyl (C=O) groups is 1. The summed E-state index contributed by atoms with van der Waals surface area (Å²) >= 11 is 6.39. The fraction of sp³-hybridized carbons (Fsp3) is 0.208. The lowest BCUT2D eigenvalue weighted by atomic mass is 10.1. The molecule has 4 rings (SSSR count). The van der Waals surface area contributed by atoms with Crippen LogP contribution in [0.4, 0.5) is 5.69 Å². The zero-order chi connectivity index (χ0) is 21.8. The minimum Gasteiger partial charge on any atom is -0.482 e. The lowest BCUT2D eigenvalue weighted by molar-refractivity contribution is -0.121. The highest BCUT2D eigenvalue weighted by Crippen LogP contribution is 2.31. The number of anilines is 1. The summed E-state index contributed by atoms with van der Waals surface area (Å²) in [7, 11) is -3.14. The second-order valence-electron chi connectivity index (χ2n) is 7.46. The Balaban J connectivity index is 1.50. The Hall–Kier alpha value is -2.83. The van der Waals surface area contributed by atoms with Crippen molar-refractivity contribution in [3.05, 3.63) is 83.9 Å². The first-order valence-corrected chi connectivity index (χ1v) is 12.2. The van der Waals surface area contributed by atoms with Crippen molar-refractivity contribution in [2.24, 2.45) is 0 Å². The van der Waals surface area contributed by atoms with Gasteiger partial charge in [-0.2, -0.15) is 0 Å². The Morgan fingerprint density at radius 3 is 2.26 bits per heavy atom. The molecule has 1 aliphatic heterocycles. The van der Waals surface area contributed by atoms with Crippen LogP contribution in [0.1, 0.15) is 6.42 Å². The van der Waals surface area contributed by atoms with Gasteiger partial charge in [0.15, 0.2) is 16.4 Å². The zero-order valence-electron chi connectivity index (χ0n) is 16.8. The molecule has 1 saturated heterocycles. The summed E-state index contributed by atoms with van der Waals surface area (Å²) in [6.45, 7) is -0.240. The van der Waals surface area contributed by atoms with Crippen LogP contribution in [0, 0.1) is 0 Å². The smallest absolute Gasteiger partial charge is 0.265 e. The normalized spacial score (nSPS) is 17.3. The quantitative estimate of drug-likeness (QED) is 0.544. The number of sulfone groups is 1. The molecule has 31 heavy (non-hydrogen) atoms. The molecule has 7 heteroatoms. The molecular weight excluding hydrogens is 434 g/mol. The Morgan fingerprint density at radius 2 is 1.65 bits per heavy atom. The van der Waals surface area contributed by atoms with Crippen molar-refractivity contribution in [3.8, 4) is 16.9 Å². The van der Waals surface area contributed by atoms with Crippen LogP contribution >= 0.6 is 11.6 Å². The number of hydrogen-bond acceptors (Lipinski definition) is 4. The van der Waals surface area contributed by atoms with E-state index in [0.717, 1.165) is 11.1 Å². The van der Waals surface area contributed by atoms with E-state index in [1.807, 2.05) is 54.6 Å². The average Bonchev–Trinajstić information content (AvgIpc) is 3.13. The highest BCUT2D eigenvalue weighted by atomic mass is 35.5. The number of para-hydroxylation sites is 1. The number of amides is 1. The maximum atomic E-state index is 13.1. The van der Waals surface area contributed by atoms with Crippen LogP contribution in [-0.2, 0) is 14.6 Å². The van der Waals surface area contributed by atoms with Gasteiger partial charge in [-0.25, -0.2) is 8.42 Å². The van der Waals surface area contributed by atoms with Crippen molar-refractivity contribution in [1.29, 1.82) is 0 Å². The van der Waals surface area contributed by atoms with Gasteiger partial charge in [-0.15, -0.1) is 0 Å². The molecule has 3 aromatic carbocycles. The van der Waals surface area contributed by atoms with E-state index in [2.05, 4.69) is 0 Å². The van der Waals surface area contributed by atoms with Gasteiger partial charge in [0.1, 0.15) is 5.75 Å². The first kappa shape index (κ1) is 21.4. The van der Waals surface area contributed by atoms with Crippen LogP contribution in [-0.4, -0.2) is 38.5 Å². The summed E-state index contributed by atoms with van der Waals surface area (Å²) in [5.41, 5.74) is 2.64. The van der Waals surface area contributed by atoms with Crippen molar-refractivity contribution in [3.63, 3.8) is 0 Å². The first-order valence-electron chi connectivity index (χ1n) is 9.98. The lowest BCUT2D eigenvalue weighted by Gasteiger charge is -2.28. The van der Waals surface area contributed by atoms with E-state index in [4.69, 9.17) is 16.3 Å². The number of ether oxygens (including phenoxy) is 1.